The maximum absolute atomic E-state index is 12.6. The first-order valence-corrected chi connectivity index (χ1v) is 7.43. The van der Waals surface area contributed by atoms with Crippen LogP contribution in [0.1, 0.15) is 12.6 Å². The molecule has 0 aliphatic rings. The summed E-state index contributed by atoms with van der Waals surface area (Å²) in [7, 11) is 0. The molecule has 126 valence electrons. The van der Waals surface area contributed by atoms with Crippen LogP contribution in [-0.2, 0) is 9.59 Å². The standard InChI is InChI=1S/C18H17N5O2/c1-12-4-3-5-17(22-12)21-11-14(10-19)18(25)23(13(2)24)16-8-6-15(20)7-9-16/h3-9,11H,20H2,1-2H3,(H,21,22)/b14-11-. The van der Waals surface area contributed by atoms with E-state index in [1.807, 2.05) is 13.0 Å². The van der Waals surface area contributed by atoms with Crippen LogP contribution in [0.5, 0.6) is 0 Å². The summed E-state index contributed by atoms with van der Waals surface area (Å²) in [6, 6.07) is 13.4. The maximum atomic E-state index is 12.6. The fourth-order valence-electron chi connectivity index (χ4n) is 2.10. The third-order valence-corrected chi connectivity index (χ3v) is 3.27. The third kappa shape index (κ3) is 4.42. The molecule has 2 rings (SSSR count). The van der Waals surface area contributed by atoms with Gasteiger partial charge in [-0.2, -0.15) is 5.26 Å². The lowest BCUT2D eigenvalue weighted by Crippen LogP contribution is -2.36. The van der Waals surface area contributed by atoms with Gasteiger partial charge in [-0.05, 0) is 43.3 Å². The summed E-state index contributed by atoms with van der Waals surface area (Å²) in [4.78, 5) is 29.7. The van der Waals surface area contributed by atoms with Crippen LogP contribution in [0, 0.1) is 18.3 Å². The Bertz CT molecular complexity index is 866. The zero-order chi connectivity index (χ0) is 18.4. The molecule has 1 aromatic carbocycles. The van der Waals surface area contributed by atoms with Crippen LogP contribution >= 0.6 is 0 Å². The molecule has 0 fully saturated rings. The first kappa shape index (κ1) is 17.7. The summed E-state index contributed by atoms with van der Waals surface area (Å²) in [6.45, 7) is 3.07. The maximum Gasteiger partial charge on any atom is 0.277 e. The summed E-state index contributed by atoms with van der Waals surface area (Å²) in [5.41, 5.74) is 7.02. The second-order valence-corrected chi connectivity index (χ2v) is 5.23. The van der Waals surface area contributed by atoms with E-state index in [-0.39, 0.29) is 5.57 Å². The van der Waals surface area contributed by atoms with Crippen molar-refractivity contribution in [1.82, 2.24) is 4.98 Å². The quantitative estimate of drug-likeness (QED) is 0.504. The van der Waals surface area contributed by atoms with Crippen molar-refractivity contribution in [1.29, 1.82) is 5.26 Å². The number of nitrogens with zero attached hydrogens (tertiary/aromatic N) is 3. The van der Waals surface area contributed by atoms with E-state index < -0.39 is 11.8 Å². The second-order valence-electron chi connectivity index (χ2n) is 5.23. The Hall–Kier alpha value is -3.66. The molecule has 0 aliphatic heterocycles. The van der Waals surface area contributed by atoms with Crippen molar-refractivity contribution in [2.45, 2.75) is 13.8 Å². The third-order valence-electron chi connectivity index (χ3n) is 3.27. The average molecular weight is 335 g/mol. The molecule has 0 aliphatic carbocycles. The Kier molecular flexibility index (Phi) is 5.48. The predicted octanol–water partition coefficient (Wildman–Crippen LogP) is 2.37. The van der Waals surface area contributed by atoms with Crippen LogP contribution in [0.25, 0.3) is 0 Å². The fraction of sp³-hybridized carbons (Fsp3) is 0.111. The van der Waals surface area contributed by atoms with E-state index >= 15 is 0 Å². The number of hydrogen-bond donors (Lipinski definition) is 2. The molecule has 25 heavy (non-hydrogen) atoms. The summed E-state index contributed by atoms with van der Waals surface area (Å²) in [5, 5.41) is 12.1. The number of nitrogen functional groups attached to an aromatic ring is 1. The van der Waals surface area contributed by atoms with Gasteiger partial charge >= 0.3 is 0 Å². The molecular weight excluding hydrogens is 318 g/mol. The van der Waals surface area contributed by atoms with E-state index in [0.717, 1.165) is 10.6 Å². The summed E-state index contributed by atoms with van der Waals surface area (Å²) >= 11 is 0. The van der Waals surface area contributed by atoms with E-state index in [1.165, 1.54) is 13.1 Å². The molecule has 0 unspecified atom stereocenters. The minimum atomic E-state index is -0.736. The minimum absolute atomic E-state index is 0.227. The molecule has 2 amide bonds. The highest BCUT2D eigenvalue weighted by atomic mass is 16.2. The predicted molar refractivity (Wildman–Crippen MR) is 95.3 cm³/mol. The number of pyridine rings is 1. The van der Waals surface area contributed by atoms with E-state index in [1.54, 1.807) is 42.5 Å². The molecule has 3 N–H and O–H groups in total. The molecule has 0 spiro atoms. The molecule has 0 radical (unpaired) electrons. The number of carbonyl (C=O) groups excluding carboxylic acids is 2. The topological polar surface area (TPSA) is 112 Å². The van der Waals surface area contributed by atoms with Gasteiger partial charge in [0.15, 0.2) is 0 Å². The Morgan fingerprint density at radius 2 is 1.92 bits per heavy atom. The van der Waals surface area contributed by atoms with Gasteiger partial charge in [0.25, 0.3) is 5.91 Å². The van der Waals surface area contributed by atoms with Crippen LogP contribution in [0.4, 0.5) is 17.2 Å². The number of carbonyl (C=O) groups is 2. The Labute approximate surface area is 145 Å². The number of imide groups is 1. The van der Waals surface area contributed by atoms with Gasteiger partial charge in [-0.25, -0.2) is 9.88 Å². The molecule has 0 atom stereocenters. The fourth-order valence-corrected chi connectivity index (χ4v) is 2.10. The highest BCUT2D eigenvalue weighted by Crippen LogP contribution is 2.19. The lowest BCUT2D eigenvalue weighted by Gasteiger charge is -2.19. The van der Waals surface area contributed by atoms with Crippen LogP contribution in [0.3, 0.4) is 0 Å². The number of nitrogens with one attached hydrogen (secondary N) is 1. The molecule has 7 nitrogen and oxygen atoms in total. The normalized spacial score (nSPS) is 10.7. The molecule has 0 saturated carbocycles. The van der Waals surface area contributed by atoms with E-state index in [2.05, 4.69) is 10.3 Å². The SMILES string of the molecule is CC(=O)N(C(=O)/C(C#N)=C\Nc1cccc(C)n1)c1ccc(N)cc1. The second kappa shape index (κ2) is 7.75. The number of rotatable bonds is 4. The van der Waals surface area contributed by atoms with Gasteiger partial charge in [0.05, 0.1) is 5.69 Å². The van der Waals surface area contributed by atoms with Crippen LogP contribution in [-0.4, -0.2) is 16.8 Å². The monoisotopic (exact) mass is 335 g/mol. The first-order chi connectivity index (χ1) is 11.9. The lowest BCUT2D eigenvalue weighted by molar-refractivity contribution is -0.123. The number of hydrogen-bond acceptors (Lipinski definition) is 6. The molecule has 1 aromatic heterocycles. The minimum Gasteiger partial charge on any atom is -0.399 e. The average Bonchev–Trinajstić information content (AvgIpc) is 2.57. The van der Waals surface area contributed by atoms with Crippen LogP contribution in [0.2, 0.25) is 0 Å². The van der Waals surface area contributed by atoms with Gasteiger partial charge in [-0.3, -0.25) is 9.59 Å². The smallest absolute Gasteiger partial charge is 0.277 e. The summed E-state index contributed by atoms with van der Waals surface area (Å²) < 4.78 is 0. The van der Waals surface area contributed by atoms with Crippen molar-refractivity contribution >= 4 is 29.0 Å². The zero-order valence-corrected chi connectivity index (χ0v) is 13.9. The Morgan fingerprint density at radius 1 is 1.24 bits per heavy atom. The number of aromatic nitrogens is 1. The zero-order valence-electron chi connectivity index (χ0n) is 13.9. The van der Waals surface area contributed by atoms with Gasteiger partial charge in [-0.1, -0.05) is 6.07 Å². The number of aryl methyl sites for hydroxylation is 1. The molecule has 1 heterocycles. The van der Waals surface area contributed by atoms with E-state index in [0.29, 0.717) is 17.2 Å². The number of nitrogens with two attached hydrogens (primary N) is 1. The highest BCUT2D eigenvalue weighted by molar-refractivity contribution is 6.21. The van der Waals surface area contributed by atoms with E-state index in [4.69, 9.17) is 5.73 Å². The molecular formula is C18H17N5O2. The van der Waals surface area contributed by atoms with Gasteiger partial charge in [0.2, 0.25) is 5.91 Å². The van der Waals surface area contributed by atoms with Gasteiger partial charge < -0.3 is 11.1 Å². The van der Waals surface area contributed by atoms with Crippen molar-refractivity contribution in [3.05, 3.63) is 59.9 Å². The molecule has 7 heteroatoms. The number of anilines is 3. The molecule has 2 aromatic rings. The molecule has 0 bridgehead atoms. The van der Waals surface area contributed by atoms with Crippen molar-refractivity contribution in [2.75, 3.05) is 16.0 Å². The van der Waals surface area contributed by atoms with Crippen molar-refractivity contribution < 1.29 is 9.59 Å². The Balaban J connectivity index is 2.29. The summed E-state index contributed by atoms with van der Waals surface area (Å²) in [5.74, 6) is -0.757. The van der Waals surface area contributed by atoms with Gasteiger partial charge in [-0.15, -0.1) is 0 Å². The van der Waals surface area contributed by atoms with Crippen molar-refractivity contribution in [2.24, 2.45) is 0 Å². The highest BCUT2D eigenvalue weighted by Gasteiger charge is 2.23. The van der Waals surface area contributed by atoms with Crippen molar-refractivity contribution in [3.63, 3.8) is 0 Å². The summed E-state index contributed by atoms with van der Waals surface area (Å²) in [6.07, 6.45) is 1.23. The number of amides is 2. The molecule has 0 saturated heterocycles. The number of nitriles is 1. The van der Waals surface area contributed by atoms with Crippen molar-refractivity contribution in [3.8, 4) is 6.07 Å². The number of benzene rings is 1. The largest absolute Gasteiger partial charge is 0.399 e. The van der Waals surface area contributed by atoms with Gasteiger partial charge in [0, 0.05) is 24.5 Å². The van der Waals surface area contributed by atoms with Crippen LogP contribution in [0.15, 0.2) is 54.2 Å². The first-order valence-electron chi connectivity index (χ1n) is 7.43. The Morgan fingerprint density at radius 3 is 2.48 bits per heavy atom. The lowest BCUT2D eigenvalue weighted by atomic mass is 10.2. The van der Waals surface area contributed by atoms with Crippen LogP contribution < -0.4 is 16.0 Å². The van der Waals surface area contributed by atoms with Gasteiger partial charge in [0.1, 0.15) is 17.5 Å². The van der Waals surface area contributed by atoms with E-state index in [9.17, 15) is 14.9 Å².